The van der Waals surface area contributed by atoms with Gasteiger partial charge in [0.1, 0.15) is 17.6 Å². The number of amides is 3. The molecule has 7 heteroatoms. The van der Waals surface area contributed by atoms with Crippen LogP contribution in [0.15, 0.2) is 24.3 Å². The summed E-state index contributed by atoms with van der Waals surface area (Å²) in [6.45, 7) is 3.29. The Hall–Kier alpha value is -2.98. The number of aryl methyl sites for hydroxylation is 1. The lowest BCUT2D eigenvalue weighted by Gasteiger charge is -2.13. The average molecular weight is 339 g/mol. The predicted octanol–water partition coefficient (Wildman–Crippen LogP) is 2.47. The van der Waals surface area contributed by atoms with Crippen molar-refractivity contribution < 1.29 is 14.4 Å². The SMILES string of the molecule is Cc1sc(NC(=O)CN2C(=O)c3ccccc3C2=O)c(C#N)c1C. The predicted molar refractivity (Wildman–Crippen MR) is 88.9 cm³/mol. The van der Waals surface area contributed by atoms with Crippen LogP contribution in [0.3, 0.4) is 0 Å². The van der Waals surface area contributed by atoms with E-state index in [0.717, 1.165) is 15.3 Å². The van der Waals surface area contributed by atoms with Crippen molar-refractivity contribution >= 4 is 34.1 Å². The monoisotopic (exact) mass is 339 g/mol. The van der Waals surface area contributed by atoms with E-state index in [-0.39, 0.29) is 6.54 Å². The summed E-state index contributed by atoms with van der Waals surface area (Å²) >= 11 is 1.30. The van der Waals surface area contributed by atoms with Crippen LogP contribution < -0.4 is 5.32 Å². The highest BCUT2D eigenvalue weighted by Gasteiger charge is 2.36. The molecule has 24 heavy (non-hydrogen) atoms. The molecule has 6 nitrogen and oxygen atoms in total. The number of hydrogen-bond acceptors (Lipinski definition) is 5. The Morgan fingerprint density at radius 3 is 2.33 bits per heavy atom. The zero-order chi connectivity index (χ0) is 17.4. The van der Waals surface area contributed by atoms with E-state index < -0.39 is 17.7 Å². The lowest BCUT2D eigenvalue weighted by molar-refractivity contribution is -0.116. The topological polar surface area (TPSA) is 90.3 Å². The fourth-order valence-electron chi connectivity index (χ4n) is 2.54. The Bertz CT molecular complexity index is 889. The molecule has 120 valence electrons. The molecule has 2 heterocycles. The van der Waals surface area contributed by atoms with Gasteiger partial charge in [0.25, 0.3) is 11.8 Å². The molecule has 0 radical (unpaired) electrons. The Morgan fingerprint density at radius 2 is 1.79 bits per heavy atom. The van der Waals surface area contributed by atoms with Gasteiger partial charge < -0.3 is 5.32 Å². The number of fused-ring (bicyclic) bond motifs is 1. The smallest absolute Gasteiger partial charge is 0.262 e. The van der Waals surface area contributed by atoms with Gasteiger partial charge in [0.05, 0.1) is 16.7 Å². The third-order valence-electron chi connectivity index (χ3n) is 3.93. The Labute approximate surface area is 142 Å². The molecule has 1 aromatic heterocycles. The molecule has 2 aromatic rings. The number of hydrogen-bond donors (Lipinski definition) is 1. The summed E-state index contributed by atoms with van der Waals surface area (Å²) in [5, 5.41) is 12.3. The lowest BCUT2D eigenvalue weighted by Crippen LogP contribution is -2.37. The third-order valence-corrected chi connectivity index (χ3v) is 5.05. The first kappa shape index (κ1) is 15.9. The molecule has 0 fully saturated rings. The number of nitriles is 1. The van der Waals surface area contributed by atoms with Gasteiger partial charge in [-0.05, 0) is 31.5 Å². The summed E-state index contributed by atoms with van der Waals surface area (Å²) < 4.78 is 0. The second-order valence-corrected chi connectivity index (χ2v) is 6.61. The van der Waals surface area contributed by atoms with Gasteiger partial charge in [0.15, 0.2) is 0 Å². The zero-order valence-electron chi connectivity index (χ0n) is 13.0. The van der Waals surface area contributed by atoms with Crippen LogP contribution in [0.1, 0.15) is 36.7 Å². The maximum absolute atomic E-state index is 12.3. The summed E-state index contributed by atoms with van der Waals surface area (Å²) in [7, 11) is 0. The molecule has 0 saturated carbocycles. The van der Waals surface area contributed by atoms with Crippen molar-refractivity contribution in [1.29, 1.82) is 5.26 Å². The highest BCUT2D eigenvalue weighted by molar-refractivity contribution is 7.16. The van der Waals surface area contributed by atoms with Gasteiger partial charge in [0.2, 0.25) is 5.91 Å². The average Bonchev–Trinajstić information content (AvgIpc) is 2.96. The molecule has 0 unspecified atom stereocenters. The molecular formula is C17H13N3O3S. The van der Waals surface area contributed by atoms with Gasteiger partial charge in [-0.2, -0.15) is 5.26 Å². The van der Waals surface area contributed by atoms with Gasteiger partial charge in [-0.1, -0.05) is 12.1 Å². The van der Waals surface area contributed by atoms with Crippen molar-refractivity contribution in [2.45, 2.75) is 13.8 Å². The number of nitrogens with one attached hydrogen (secondary N) is 1. The summed E-state index contributed by atoms with van der Waals surface area (Å²) in [6.07, 6.45) is 0. The van der Waals surface area contributed by atoms with E-state index in [1.807, 2.05) is 13.8 Å². The van der Waals surface area contributed by atoms with Crippen LogP contribution in [0.2, 0.25) is 0 Å². The highest BCUT2D eigenvalue weighted by atomic mass is 32.1. The van der Waals surface area contributed by atoms with Gasteiger partial charge in [-0.15, -0.1) is 11.3 Å². The van der Waals surface area contributed by atoms with Crippen LogP contribution >= 0.6 is 11.3 Å². The molecule has 1 aliphatic rings. The van der Waals surface area contributed by atoms with Crippen molar-refractivity contribution in [3.63, 3.8) is 0 Å². The molecule has 3 rings (SSSR count). The summed E-state index contributed by atoms with van der Waals surface area (Å²) in [6, 6.07) is 8.53. The fraction of sp³-hybridized carbons (Fsp3) is 0.176. The fourth-order valence-corrected chi connectivity index (χ4v) is 3.57. The number of carbonyl (C=O) groups excluding carboxylic acids is 3. The molecular weight excluding hydrogens is 326 g/mol. The molecule has 3 amide bonds. The van der Waals surface area contributed by atoms with Crippen molar-refractivity contribution in [1.82, 2.24) is 4.90 Å². The van der Waals surface area contributed by atoms with Crippen molar-refractivity contribution in [3.05, 3.63) is 51.4 Å². The van der Waals surface area contributed by atoms with E-state index in [2.05, 4.69) is 11.4 Å². The second kappa shape index (κ2) is 5.91. The van der Waals surface area contributed by atoms with Crippen LogP contribution in [0.4, 0.5) is 5.00 Å². The quantitative estimate of drug-likeness (QED) is 0.870. The normalized spacial score (nSPS) is 13.0. The number of anilines is 1. The molecule has 0 saturated heterocycles. The molecule has 0 atom stereocenters. The third kappa shape index (κ3) is 2.47. The van der Waals surface area contributed by atoms with Gasteiger partial charge >= 0.3 is 0 Å². The number of thiophene rings is 1. The number of carbonyl (C=O) groups is 3. The lowest BCUT2D eigenvalue weighted by atomic mass is 10.1. The molecule has 1 aromatic carbocycles. The Morgan fingerprint density at radius 1 is 1.21 bits per heavy atom. The van der Waals surface area contributed by atoms with Crippen LogP contribution in [0, 0.1) is 25.2 Å². The second-order valence-electron chi connectivity index (χ2n) is 5.39. The van der Waals surface area contributed by atoms with E-state index in [0.29, 0.717) is 21.7 Å². The number of benzene rings is 1. The minimum Gasteiger partial charge on any atom is -0.315 e. The van der Waals surface area contributed by atoms with E-state index in [9.17, 15) is 19.6 Å². The Kier molecular flexibility index (Phi) is 3.91. The largest absolute Gasteiger partial charge is 0.315 e. The van der Waals surface area contributed by atoms with Crippen LogP contribution in [-0.2, 0) is 4.79 Å². The van der Waals surface area contributed by atoms with E-state index in [1.54, 1.807) is 24.3 Å². The maximum Gasteiger partial charge on any atom is 0.262 e. The van der Waals surface area contributed by atoms with Crippen LogP contribution in [0.5, 0.6) is 0 Å². The minimum atomic E-state index is -0.512. The number of nitrogens with zero attached hydrogens (tertiary/aromatic N) is 2. The van der Waals surface area contributed by atoms with Crippen molar-refractivity contribution in [2.24, 2.45) is 0 Å². The molecule has 1 aliphatic heterocycles. The first-order valence-electron chi connectivity index (χ1n) is 7.19. The number of rotatable bonds is 3. The van der Waals surface area contributed by atoms with Crippen molar-refractivity contribution in [3.8, 4) is 6.07 Å². The van der Waals surface area contributed by atoms with Crippen LogP contribution in [-0.4, -0.2) is 29.2 Å². The van der Waals surface area contributed by atoms with Crippen LogP contribution in [0.25, 0.3) is 0 Å². The molecule has 1 N–H and O–H groups in total. The van der Waals surface area contributed by atoms with Crippen molar-refractivity contribution in [2.75, 3.05) is 11.9 Å². The summed E-state index contributed by atoms with van der Waals surface area (Å²) in [5.41, 5.74) is 1.83. The van der Waals surface area contributed by atoms with E-state index in [4.69, 9.17) is 0 Å². The number of imide groups is 1. The van der Waals surface area contributed by atoms with E-state index >= 15 is 0 Å². The first-order valence-corrected chi connectivity index (χ1v) is 8.01. The summed E-state index contributed by atoms with van der Waals surface area (Å²) in [4.78, 5) is 38.6. The summed E-state index contributed by atoms with van der Waals surface area (Å²) in [5.74, 6) is -1.48. The van der Waals surface area contributed by atoms with Gasteiger partial charge in [-0.25, -0.2) is 0 Å². The zero-order valence-corrected chi connectivity index (χ0v) is 13.9. The molecule has 0 spiro atoms. The first-order chi connectivity index (χ1) is 11.4. The van der Waals surface area contributed by atoms with Gasteiger partial charge in [-0.3, -0.25) is 19.3 Å². The van der Waals surface area contributed by atoms with E-state index in [1.165, 1.54) is 11.3 Å². The maximum atomic E-state index is 12.3. The molecule has 0 aliphatic carbocycles. The Balaban J connectivity index is 1.78. The standard InChI is InChI=1S/C17H13N3O3S/c1-9-10(2)24-15(13(9)7-18)19-14(21)8-20-16(22)11-5-3-4-6-12(11)17(20)23/h3-6H,8H2,1-2H3,(H,19,21). The van der Waals surface area contributed by atoms with Gasteiger partial charge in [0, 0.05) is 4.88 Å². The highest BCUT2D eigenvalue weighted by Crippen LogP contribution is 2.31. The minimum absolute atomic E-state index is 0.302. The molecule has 0 bridgehead atoms.